The lowest BCUT2D eigenvalue weighted by atomic mass is 9.98. The molecule has 2 aromatic rings. The van der Waals surface area contributed by atoms with E-state index in [-0.39, 0.29) is 23.6 Å². The third-order valence-electron chi connectivity index (χ3n) is 5.60. The van der Waals surface area contributed by atoms with Crippen molar-refractivity contribution in [2.45, 2.75) is 31.4 Å². The first-order valence-electron chi connectivity index (χ1n) is 9.94. The third-order valence-corrected chi connectivity index (χ3v) is 5.60. The Morgan fingerprint density at radius 2 is 2.07 bits per heavy atom. The fourth-order valence-corrected chi connectivity index (χ4v) is 4.21. The van der Waals surface area contributed by atoms with E-state index in [1.807, 2.05) is 24.3 Å². The minimum atomic E-state index is -0.217. The summed E-state index contributed by atoms with van der Waals surface area (Å²) < 4.78 is 7.92. The number of nitrogens with zero attached hydrogens (tertiary/aromatic N) is 4. The lowest BCUT2D eigenvalue weighted by Gasteiger charge is -2.43. The number of aryl methyl sites for hydroxylation is 1. The van der Waals surface area contributed by atoms with Crippen molar-refractivity contribution in [1.82, 2.24) is 24.6 Å². The molecule has 0 unspecified atom stereocenters. The van der Waals surface area contributed by atoms with Crippen molar-refractivity contribution < 1.29 is 9.53 Å². The number of carbonyl (C=O) groups excluding carboxylic acids is 1. The lowest BCUT2D eigenvalue weighted by molar-refractivity contribution is -0.0741. The fourth-order valence-electron chi connectivity index (χ4n) is 4.21. The summed E-state index contributed by atoms with van der Waals surface area (Å²) in [6.07, 6.45) is 8.85. The van der Waals surface area contributed by atoms with Crippen LogP contribution >= 0.6 is 0 Å². The van der Waals surface area contributed by atoms with Gasteiger partial charge in [-0.1, -0.05) is 6.42 Å². The standard InChI is InChI=1S/C20H27N5O3/c1-23-13-16(12-22-23)19-17(14-24-7-3-2-4-8-24)28-10-9-25(19)20(27)15-5-6-18(26)21-11-15/h5-6,11-13,17,19H,2-4,7-10,14H2,1H3,(H,21,26)/t17-,19-/m0/s1. The van der Waals surface area contributed by atoms with Gasteiger partial charge in [0.2, 0.25) is 5.56 Å². The topological polar surface area (TPSA) is 83.5 Å². The van der Waals surface area contributed by atoms with Crippen LogP contribution in [0.2, 0.25) is 0 Å². The molecule has 0 spiro atoms. The number of rotatable bonds is 4. The van der Waals surface area contributed by atoms with Crippen LogP contribution in [0.25, 0.3) is 0 Å². The Hall–Kier alpha value is -2.45. The highest BCUT2D eigenvalue weighted by Gasteiger charge is 2.38. The number of nitrogens with one attached hydrogen (secondary N) is 1. The summed E-state index contributed by atoms with van der Waals surface area (Å²) in [5.41, 5.74) is 1.24. The number of amides is 1. The van der Waals surface area contributed by atoms with Gasteiger partial charge in [-0.3, -0.25) is 14.3 Å². The highest BCUT2D eigenvalue weighted by Crippen LogP contribution is 2.31. The molecule has 1 amide bonds. The second-order valence-electron chi connectivity index (χ2n) is 7.60. The minimum absolute atomic E-state index is 0.1000. The molecule has 2 saturated heterocycles. The Balaban J connectivity index is 1.62. The van der Waals surface area contributed by atoms with Crippen LogP contribution in [-0.4, -0.2) is 69.4 Å². The van der Waals surface area contributed by atoms with Gasteiger partial charge in [0.05, 0.1) is 30.5 Å². The molecule has 0 aliphatic carbocycles. The number of carbonyl (C=O) groups is 1. The zero-order valence-electron chi connectivity index (χ0n) is 16.2. The molecule has 8 heteroatoms. The van der Waals surface area contributed by atoms with Gasteiger partial charge in [0, 0.05) is 44.2 Å². The van der Waals surface area contributed by atoms with E-state index in [4.69, 9.17) is 4.74 Å². The molecule has 150 valence electrons. The number of aromatic amines is 1. The molecule has 2 atom stereocenters. The van der Waals surface area contributed by atoms with Gasteiger partial charge in [-0.05, 0) is 32.0 Å². The van der Waals surface area contributed by atoms with E-state index in [0.29, 0.717) is 18.7 Å². The van der Waals surface area contributed by atoms with Crippen molar-refractivity contribution in [1.29, 1.82) is 0 Å². The maximum Gasteiger partial charge on any atom is 0.256 e. The number of ether oxygens (including phenoxy) is 1. The van der Waals surface area contributed by atoms with Gasteiger partial charge >= 0.3 is 0 Å². The molecule has 2 aliphatic rings. The van der Waals surface area contributed by atoms with Crippen LogP contribution in [0.5, 0.6) is 0 Å². The van der Waals surface area contributed by atoms with Crippen LogP contribution in [0.4, 0.5) is 0 Å². The van der Waals surface area contributed by atoms with E-state index in [0.717, 1.165) is 25.2 Å². The lowest BCUT2D eigenvalue weighted by Crippen LogP contribution is -2.52. The van der Waals surface area contributed by atoms with Crippen LogP contribution in [-0.2, 0) is 11.8 Å². The van der Waals surface area contributed by atoms with Crippen molar-refractivity contribution in [2.24, 2.45) is 7.05 Å². The largest absolute Gasteiger partial charge is 0.373 e. The SMILES string of the molecule is Cn1cc([C@H]2[C@H](CN3CCCCC3)OCCN2C(=O)c2ccc(=O)[nH]c2)cn1. The molecular weight excluding hydrogens is 358 g/mol. The van der Waals surface area contributed by atoms with Crippen molar-refractivity contribution in [2.75, 3.05) is 32.8 Å². The number of likely N-dealkylation sites (tertiary alicyclic amines) is 1. The van der Waals surface area contributed by atoms with Gasteiger partial charge in [0.1, 0.15) is 0 Å². The van der Waals surface area contributed by atoms with Gasteiger partial charge in [-0.2, -0.15) is 5.10 Å². The molecule has 4 heterocycles. The summed E-state index contributed by atoms with van der Waals surface area (Å²) in [6.45, 7) is 3.97. The maximum absolute atomic E-state index is 13.2. The molecule has 0 aromatic carbocycles. The Kier molecular flexibility index (Phi) is 5.59. The average molecular weight is 385 g/mol. The monoisotopic (exact) mass is 385 g/mol. The van der Waals surface area contributed by atoms with Crippen molar-refractivity contribution in [3.05, 3.63) is 52.2 Å². The molecule has 0 radical (unpaired) electrons. The Morgan fingerprint density at radius 3 is 2.75 bits per heavy atom. The van der Waals surface area contributed by atoms with E-state index >= 15 is 0 Å². The van der Waals surface area contributed by atoms with Crippen LogP contribution in [0.3, 0.4) is 0 Å². The predicted octanol–water partition coefficient (Wildman–Crippen LogP) is 1.18. The summed E-state index contributed by atoms with van der Waals surface area (Å²) in [6, 6.07) is 2.76. The van der Waals surface area contributed by atoms with Gasteiger partial charge in [0.15, 0.2) is 0 Å². The van der Waals surface area contributed by atoms with E-state index in [1.165, 1.54) is 31.5 Å². The van der Waals surface area contributed by atoms with Crippen LogP contribution in [0.15, 0.2) is 35.5 Å². The van der Waals surface area contributed by atoms with Gasteiger partial charge in [0.25, 0.3) is 5.91 Å². The normalized spacial score (nSPS) is 23.7. The van der Waals surface area contributed by atoms with E-state index in [9.17, 15) is 9.59 Å². The molecule has 28 heavy (non-hydrogen) atoms. The summed E-state index contributed by atoms with van der Waals surface area (Å²) in [5.74, 6) is -0.1000. The number of aromatic nitrogens is 3. The molecular formula is C20H27N5O3. The highest BCUT2D eigenvalue weighted by molar-refractivity contribution is 5.94. The molecule has 2 aliphatic heterocycles. The molecule has 2 aromatic heterocycles. The average Bonchev–Trinajstić information content (AvgIpc) is 3.14. The summed E-state index contributed by atoms with van der Waals surface area (Å²) in [5, 5.41) is 4.31. The zero-order valence-corrected chi connectivity index (χ0v) is 16.2. The molecule has 1 N–H and O–H groups in total. The smallest absolute Gasteiger partial charge is 0.256 e. The van der Waals surface area contributed by atoms with E-state index in [2.05, 4.69) is 15.0 Å². The summed E-state index contributed by atoms with van der Waals surface area (Å²) in [7, 11) is 1.88. The molecule has 2 fully saturated rings. The van der Waals surface area contributed by atoms with Crippen molar-refractivity contribution in [3.8, 4) is 0 Å². The predicted molar refractivity (Wildman–Crippen MR) is 104 cm³/mol. The quantitative estimate of drug-likeness (QED) is 0.854. The van der Waals surface area contributed by atoms with Crippen molar-refractivity contribution >= 4 is 5.91 Å². The van der Waals surface area contributed by atoms with Gasteiger partial charge in [-0.15, -0.1) is 0 Å². The molecule has 0 saturated carbocycles. The van der Waals surface area contributed by atoms with E-state index < -0.39 is 0 Å². The second kappa shape index (κ2) is 8.28. The first-order chi connectivity index (χ1) is 13.6. The molecule has 8 nitrogen and oxygen atoms in total. The second-order valence-corrected chi connectivity index (χ2v) is 7.60. The van der Waals surface area contributed by atoms with Crippen LogP contribution in [0, 0.1) is 0 Å². The fraction of sp³-hybridized carbons (Fsp3) is 0.550. The molecule has 4 rings (SSSR count). The third kappa shape index (κ3) is 4.02. The first-order valence-corrected chi connectivity index (χ1v) is 9.94. The number of morpholine rings is 1. The van der Waals surface area contributed by atoms with Gasteiger partial charge in [-0.25, -0.2) is 0 Å². The zero-order chi connectivity index (χ0) is 19.5. The molecule has 0 bridgehead atoms. The maximum atomic E-state index is 13.2. The summed E-state index contributed by atoms with van der Waals surface area (Å²) >= 11 is 0. The highest BCUT2D eigenvalue weighted by atomic mass is 16.5. The number of hydrogen-bond acceptors (Lipinski definition) is 5. The van der Waals surface area contributed by atoms with Gasteiger partial charge < -0.3 is 19.5 Å². The Bertz CT molecular complexity index is 850. The number of H-pyrrole nitrogens is 1. The van der Waals surface area contributed by atoms with Crippen LogP contribution in [0.1, 0.15) is 41.2 Å². The number of pyridine rings is 1. The van der Waals surface area contributed by atoms with Crippen molar-refractivity contribution in [3.63, 3.8) is 0 Å². The summed E-state index contributed by atoms with van der Waals surface area (Å²) in [4.78, 5) is 31.5. The van der Waals surface area contributed by atoms with Crippen LogP contribution < -0.4 is 5.56 Å². The Morgan fingerprint density at radius 1 is 1.25 bits per heavy atom. The number of hydrogen-bond donors (Lipinski definition) is 1. The van der Waals surface area contributed by atoms with E-state index in [1.54, 1.807) is 10.7 Å². The minimum Gasteiger partial charge on any atom is -0.373 e. The first kappa shape index (κ1) is 18.9. The Labute approximate surface area is 164 Å². The number of piperidine rings is 1.